The Hall–Kier alpha value is -2.17. The molecular formula is C22H28N6O2S2. The minimum Gasteiger partial charge on any atom is -0.378 e. The number of hydrogen-bond acceptors (Lipinski definition) is 8. The number of aromatic nitrogens is 4. The third-order valence-electron chi connectivity index (χ3n) is 6.44. The number of nitrogens with one attached hydrogen (secondary N) is 1. The molecule has 32 heavy (non-hydrogen) atoms. The van der Waals surface area contributed by atoms with Crippen molar-refractivity contribution in [3.63, 3.8) is 0 Å². The summed E-state index contributed by atoms with van der Waals surface area (Å²) in [5, 5.41) is 11.5. The number of rotatable bonds is 7. The fourth-order valence-electron chi connectivity index (χ4n) is 4.75. The van der Waals surface area contributed by atoms with Crippen LogP contribution in [0.4, 0.5) is 5.82 Å². The normalized spacial score (nSPS) is 18.3. The molecule has 170 valence electrons. The second kappa shape index (κ2) is 9.36. The molecule has 2 aliphatic rings. The maximum Gasteiger partial charge on any atom is 0.231 e. The van der Waals surface area contributed by atoms with E-state index in [0.29, 0.717) is 26.3 Å². The second-order valence-electron chi connectivity index (χ2n) is 8.26. The Kier molecular flexibility index (Phi) is 6.34. The lowest BCUT2D eigenvalue weighted by Crippen LogP contribution is -2.43. The van der Waals surface area contributed by atoms with Crippen molar-refractivity contribution in [3.05, 3.63) is 28.6 Å². The smallest absolute Gasteiger partial charge is 0.231 e. The summed E-state index contributed by atoms with van der Waals surface area (Å²) in [6.07, 6.45) is 7.89. The van der Waals surface area contributed by atoms with E-state index in [-0.39, 0.29) is 11.3 Å². The molecule has 0 atom stereocenters. The monoisotopic (exact) mass is 472 g/mol. The summed E-state index contributed by atoms with van der Waals surface area (Å²) in [7, 11) is 0. The van der Waals surface area contributed by atoms with Gasteiger partial charge in [-0.25, -0.2) is 14.6 Å². The standard InChI is InChI=1S/C22H28N6O2S2/c1-31-21-25-18(27-10-12-30-13-11-27)16-15-24-28(19(16)26-21)9-8-23-20(29)22(6-2-3-7-22)17-5-4-14-32-17/h4-5,14-15H,2-3,6-13H2,1H3,(H,23,29). The Morgan fingerprint density at radius 3 is 2.81 bits per heavy atom. The topological polar surface area (TPSA) is 85.2 Å². The molecule has 0 aromatic carbocycles. The van der Waals surface area contributed by atoms with Gasteiger partial charge in [0.25, 0.3) is 0 Å². The molecule has 0 radical (unpaired) electrons. The molecule has 1 N–H and O–H groups in total. The van der Waals surface area contributed by atoms with Gasteiger partial charge in [-0.1, -0.05) is 30.7 Å². The van der Waals surface area contributed by atoms with E-state index in [4.69, 9.17) is 14.7 Å². The molecule has 5 rings (SSSR count). The molecule has 1 amide bonds. The first-order chi connectivity index (χ1) is 15.7. The molecule has 4 heterocycles. The predicted molar refractivity (Wildman–Crippen MR) is 128 cm³/mol. The summed E-state index contributed by atoms with van der Waals surface area (Å²) in [6.45, 7) is 4.12. The second-order valence-corrected chi connectivity index (χ2v) is 9.98. The maximum atomic E-state index is 13.2. The molecule has 10 heteroatoms. The molecule has 1 saturated heterocycles. The van der Waals surface area contributed by atoms with E-state index in [0.717, 1.165) is 60.8 Å². The average Bonchev–Trinajstić information content (AvgIpc) is 3.60. The van der Waals surface area contributed by atoms with Crippen LogP contribution in [0.25, 0.3) is 11.0 Å². The highest BCUT2D eigenvalue weighted by Crippen LogP contribution is 2.43. The molecule has 8 nitrogen and oxygen atoms in total. The first-order valence-corrected chi connectivity index (χ1v) is 13.2. The third-order valence-corrected chi connectivity index (χ3v) is 8.06. The fourth-order valence-corrected chi connectivity index (χ4v) is 6.09. The minimum atomic E-state index is -0.363. The van der Waals surface area contributed by atoms with Crippen LogP contribution in [0.15, 0.2) is 28.9 Å². The number of morpholine rings is 1. The Balaban J connectivity index is 1.33. The van der Waals surface area contributed by atoms with Crippen molar-refractivity contribution in [1.82, 2.24) is 25.1 Å². The van der Waals surface area contributed by atoms with Crippen molar-refractivity contribution >= 4 is 45.9 Å². The number of amides is 1. The highest BCUT2D eigenvalue weighted by Gasteiger charge is 2.43. The number of ether oxygens (including phenoxy) is 1. The zero-order valence-electron chi connectivity index (χ0n) is 18.2. The molecule has 0 unspecified atom stereocenters. The van der Waals surface area contributed by atoms with Crippen LogP contribution in [0.1, 0.15) is 30.6 Å². The van der Waals surface area contributed by atoms with Crippen LogP contribution >= 0.6 is 23.1 Å². The van der Waals surface area contributed by atoms with E-state index in [1.54, 1.807) is 11.3 Å². The van der Waals surface area contributed by atoms with Crippen LogP contribution in [0, 0.1) is 0 Å². The number of nitrogens with zero attached hydrogens (tertiary/aromatic N) is 5. The summed E-state index contributed by atoms with van der Waals surface area (Å²) in [6, 6.07) is 4.14. The van der Waals surface area contributed by atoms with Gasteiger partial charge in [0, 0.05) is 24.5 Å². The average molecular weight is 473 g/mol. The molecule has 3 aromatic heterocycles. The van der Waals surface area contributed by atoms with Crippen molar-refractivity contribution in [2.24, 2.45) is 0 Å². The molecular weight excluding hydrogens is 444 g/mol. The van der Waals surface area contributed by atoms with Crippen molar-refractivity contribution in [1.29, 1.82) is 0 Å². The molecule has 2 fully saturated rings. The third kappa shape index (κ3) is 3.99. The molecule has 0 spiro atoms. The zero-order valence-corrected chi connectivity index (χ0v) is 19.9. The highest BCUT2D eigenvalue weighted by atomic mass is 32.2. The number of fused-ring (bicyclic) bond motifs is 1. The molecule has 1 aliphatic heterocycles. The predicted octanol–water partition coefficient (Wildman–Crippen LogP) is 3.07. The number of carbonyl (C=O) groups is 1. The lowest BCUT2D eigenvalue weighted by atomic mass is 9.83. The van der Waals surface area contributed by atoms with Crippen molar-refractivity contribution in [2.45, 2.75) is 42.8 Å². The Morgan fingerprint density at radius 2 is 2.09 bits per heavy atom. The van der Waals surface area contributed by atoms with Crippen LogP contribution in [0.5, 0.6) is 0 Å². The summed E-state index contributed by atoms with van der Waals surface area (Å²) >= 11 is 3.22. The lowest BCUT2D eigenvalue weighted by Gasteiger charge is -2.28. The summed E-state index contributed by atoms with van der Waals surface area (Å²) < 4.78 is 7.38. The Bertz CT molecular complexity index is 1070. The van der Waals surface area contributed by atoms with Crippen LogP contribution in [0.3, 0.4) is 0 Å². The van der Waals surface area contributed by atoms with E-state index in [2.05, 4.69) is 26.8 Å². The van der Waals surface area contributed by atoms with Crippen LogP contribution in [-0.4, -0.2) is 64.8 Å². The highest BCUT2D eigenvalue weighted by molar-refractivity contribution is 7.98. The maximum absolute atomic E-state index is 13.2. The van der Waals surface area contributed by atoms with E-state index in [9.17, 15) is 4.79 Å². The van der Waals surface area contributed by atoms with Crippen molar-refractivity contribution in [2.75, 3.05) is 44.0 Å². The van der Waals surface area contributed by atoms with Gasteiger partial charge in [-0.2, -0.15) is 5.10 Å². The van der Waals surface area contributed by atoms with Crippen LogP contribution in [-0.2, 0) is 21.5 Å². The lowest BCUT2D eigenvalue weighted by molar-refractivity contribution is -0.126. The zero-order chi connectivity index (χ0) is 22.0. The van der Waals surface area contributed by atoms with Gasteiger partial charge < -0.3 is 15.0 Å². The van der Waals surface area contributed by atoms with E-state index >= 15 is 0 Å². The van der Waals surface area contributed by atoms with Crippen molar-refractivity contribution < 1.29 is 9.53 Å². The van der Waals surface area contributed by atoms with E-state index in [1.807, 2.05) is 23.2 Å². The summed E-state index contributed by atoms with van der Waals surface area (Å²) in [4.78, 5) is 26.1. The minimum absolute atomic E-state index is 0.141. The summed E-state index contributed by atoms with van der Waals surface area (Å²) in [5.41, 5.74) is 0.451. The number of anilines is 1. The van der Waals surface area contributed by atoms with E-state index in [1.165, 1.54) is 16.6 Å². The first kappa shape index (κ1) is 21.7. The molecule has 1 aliphatic carbocycles. The van der Waals surface area contributed by atoms with Gasteiger partial charge >= 0.3 is 0 Å². The Labute approximate surface area is 195 Å². The molecule has 1 saturated carbocycles. The van der Waals surface area contributed by atoms with Gasteiger partial charge in [-0.3, -0.25) is 4.79 Å². The Morgan fingerprint density at radius 1 is 1.28 bits per heavy atom. The molecule has 0 bridgehead atoms. The SMILES string of the molecule is CSc1nc(N2CCOCC2)c2cnn(CCNC(=O)C3(c4cccs4)CCCC3)c2n1. The summed E-state index contributed by atoms with van der Waals surface area (Å²) in [5.74, 6) is 1.06. The molecule has 3 aromatic rings. The number of thioether (sulfide) groups is 1. The number of hydrogen-bond donors (Lipinski definition) is 1. The number of carbonyl (C=O) groups excluding carboxylic acids is 1. The van der Waals surface area contributed by atoms with Crippen LogP contribution in [0.2, 0.25) is 0 Å². The van der Waals surface area contributed by atoms with Gasteiger partial charge in [0.05, 0.1) is 36.8 Å². The van der Waals surface area contributed by atoms with Gasteiger partial charge in [-0.05, 0) is 30.5 Å². The van der Waals surface area contributed by atoms with E-state index < -0.39 is 0 Å². The first-order valence-electron chi connectivity index (χ1n) is 11.1. The number of thiophene rings is 1. The fraction of sp³-hybridized carbons (Fsp3) is 0.545. The quantitative estimate of drug-likeness (QED) is 0.418. The van der Waals surface area contributed by atoms with Gasteiger partial charge in [-0.15, -0.1) is 11.3 Å². The largest absolute Gasteiger partial charge is 0.378 e. The van der Waals surface area contributed by atoms with Crippen molar-refractivity contribution in [3.8, 4) is 0 Å². The van der Waals surface area contributed by atoms with Gasteiger partial charge in [0.2, 0.25) is 5.91 Å². The van der Waals surface area contributed by atoms with Gasteiger partial charge in [0.15, 0.2) is 10.8 Å². The van der Waals surface area contributed by atoms with Crippen LogP contribution < -0.4 is 10.2 Å². The van der Waals surface area contributed by atoms with Gasteiger partial charge in [0.1, 0.15) is 5.82 Å².